The van der Waals surface area contributed by atoms with E-state index in [0.717, 1.165) is 51.1 Å². The Balaban J connectivity index is 1.02. The number of non-ortho nitro benzene ring substituents is 1. The summed E-state index contributed by atoms with van der Waals surface area (Å²) >= 11 is 8.20. The zero-order valence-corrected chi connectivity index (χ0v) is 29.0. The molecule has 2 atom stereocenters. The number of nitrogens with zero attached hydrogens (tertiary/aromatic N) is 1. The predicted molar refractivity (Wildman–Crippen MR) is 198 cm³/mol. The Morgan fingerprint density at radius 2 is 1.23 bits per heavy atom. The first-order valence-corrected chi connectivity index (χ1v) is 20.4. The van der Waals surface area contributed by atoms with Gasteiger partial charge < -0.3 is 15.5 Å². The smallest absolute Gasteiger partial charge is 0.269 e. The molecule has 5 rings (SSSR count). The molecule has 0 fully saturated rings. The van der Waals surface area contributed by atoms with Crippen LogP contribution in [0.5, 0.6) is 0 Å². The van der Waals surface area contributed by atoms with Crippen molar-refractivity contribution in [1.29, 1.82) is 0 Å². The number of nitro groups is 1. The van der Waals surface area contributed by atoms with E-state index in [2.05, 4.69) is 84.2 Å². The second kappa shape index (κ2) is 16.2. The molecule has 7 nitrogen and oxygen atoms in total. The molecule has 1 aliphatic heterocycles. The summed E-state index contributed by atoms with van der Waals surface area (Å²) < 4.78 is 0. The maximum atomic E-state index is 12.5. The number of benzene rings is 4. The third-order valence-corrected chi connectivity index (χ3v) is 17.3. The predicted octanol–water partition coefficient (Wildman–Crippen LogP) is 7.67. The Morgan fingerprint density at radius 1 is 0.729 bits per heavy atom. The van der Waals surface area contributed by atoms with Crippen LogP contribution in [0.3, 0.4) is 0 Å². The minimum Gasteiger partial charge on any atom is -0.394 e. The van der Waals surface area contributed by atoms with Gasteiger partial charge in [-0.15, -0.1) is 0 Å². The van der Waals surface area contributed by atoms with E-state index in [1.54, 1.807) is 0 Å². The Bertz CT molecular complexity index is 1640. The first-order valence-electron chi connectivity index (χ1n) is 17.1. The van der Waals surface area contributed by atoms with E-state index in [1.165, 1.54) is 64.1 Å². The molecule has 0 bridgehead atoms. The molecule has 9 heteroatoms. The molecule has 0 aliphatic carbocycles. The monoisotopic (exact) mass is 688 g/mol. The Labute approximate surface area is 288 Å². The van der Waals surface area contributed by atoms with Crippen molar-refractivity contribution in [2.24, 2.45) is 0 Å². The van der Waals surface area contributed by atoms with Crippen molar-refractivity contribution < 1.29 is 19.9 Å². The second-order valence-corrected chi connectivity index (χ2v) is 19.4. The van der Waals surface area contributed by atoms with Crippen molar-refractivity contribution >= 4 is 44.7 Å². The number of nitrogens with one attached hydrogen (secondary N) is 1. The molecule has 0 saturated carbocycles. The Morgan fingerprint density at radius 3 is 1.77 bits per heavy atom. The van der Waals surface area contributed by atoms with E-state index in [0.29, 0.717) is 12.0 Å². The third-order valence-electron chi connectivity index (χ3n) is 9.75. The van der Waals surface area contributed by atoms with E-state index >= 15 is 0 Å². The van der Waals surface area contributed by atoms with Crippen LogP contribution in [0.2, 0.25) is 0 Å². The van der Waals surface area contributed by atoms with Crippen LogP contribution in [0.25, 0.3) is 11.1 Å². The zero-order chi connectivity index (χ0) is 34.0. The molecule has 0 radical (unpaired) electrons. The number of aliphatic hydroxyl groups is 2. The van der Waals surface area contributed by atoms with Crippen LogP contribution in [0, 0.1) is 10.1 Å². The number of hydrogen-bond acceptors (Lipinski definition) is 5. The SMILES string of the molecule is O=C(CCCCCCCCCCCP1(Cl)(c2ccccc2)c2ccccc2-c2ccccc21)N[C@H](CO)[C@H](O)c1ccc([N+](=O)[O-])cc1. The second-order valence-electron chi connectivity index (χ2n) is 12.9. The van der Waals surface area contributed by atoms with Gasteiger partial charge in [-0.05, 0) is 17.7 Å². The number of carbonyl (C=O) groups is 1. The van der Waals surface area contributed by atoms with Gasteiger partial charge in [-0.2, -0.15) is 0 Å². The minimum absolute atomic E-state index is 0.0877. The molecule has 3 N–H and O–H groups in total. The van der Waals surface area contributed by atoms with Gasteiger partial charge in [0.15, 0.2) is 0 Å². The maximum Gasteiger partial charge on any atom is 0.269 e. The number of rotatable bonds is 18. The van der Waals surface area contributed by atoms with E-state index in [1.807, 2.05) is 0 Å². The van der Waals surface area contributed by atoms with Gasteiger partial charge in [0.1, 0.15) is 6.10 Å². The van der Waals surface area contributed by atoms with Gasteiger partial charge >= 0.3 is 199 Å². The van der Waals surface area contributed by atoms with Crippen molar-refractivity contribution in [2.45, 2.75) is 76.4 Å². The summed E-state index contributed by atoms with van der Waals surface area (Å²) in [6.45, 7) is -0.439. The van der Waals surface area contributed by atoms with Crippen molar-refractivity contribution in [1.82, 2.24) is 5.32 Å². The van der Waals surface area contributed by atoms with Crippen LogP contribution in [-0.2, 0) is 4.79 Å². The van der Waals surface area contributed by atoms with Crippen molar-refractivity contribution in [3.8, 4) is 11.1 Å². The number of halogens is 1. The molecule has 48 heavy (non-hydrogen) atoms. The third kappa shape index (κ3) is 7.50. The summed E-state index contributed by atoms with van der Waals surface area (Å²) in [5, 5.41) is 37.7. The fourth-order valence-electron chi connectivity index (χ4n) is 7.19. The first kappa shape index (κ1) is 35.7. The van der Waals surface area contributed by atoms with Gasteiger partial charge in [0.05, 0.1) is 17.6 Å². The van der Waals surface area contributed by atoms with Gasteiger partial charge in [0, 0.05) is 12.1 Å². The number of hydrogen-bond donors (Lipinski definition) is 3. The van der Waals surface area contributed by atoms with Gasteiger partial charge in [-0.25, -0.2) is 0 Å². The normalized spacial score (nSPS) is 16.1. The van der Waals surface area contributed by atoms with Gasteiger partial charge in [-0.3, -0.25) is 14.9 Å². The van der Waals surface area contributed by atoms with Crippen molar-refractivity contribution in [2.75, 3.05) is 12.8 Å². The largest absolute Gasteiger partial charge is 0.394 e. The standard InChI is InChI=1S/C39H46ClN2O5P/c40-48(32-17-9-8-10-18-32,36-21-14-12-19-33(36)34-20-13-15-22-37(34)48)28-16-7-5-3-1-2-4-6-11-23-38(44)41-35(29-43)39(45)30-24-26-31(27-25-30)42(46)47/h8-10,12-15,17-22,24-27,35,39,43,45H,1-7,11,16,23,28-29H2,(H,41,44)/t35-,39-/m1/s1. The van der Waals surface area contributed by atoms with E-state index in [9.17, 15) is 25.1 Å². The zero-order valence-electron chi connectivity index (χ0n) is 27.3. The molecule has 1 aliphatic rings. The van der Waals surface area contributed by atoms with Crippen LogP contribution in [0.4, 0.5) is 5.69 Å². The van der Waals surface area contributed by atoms with Gasteiger partial charge in [0.2, 0.25) is 0 Å². The Hall–Kier alpha value is -3.61. The Kier molecular flexibility index (Phi) is 12.0. The van der Waals surface area contributed by atoms with Gasteiger partial charge in [0.25, 0.3) is 5.69 Å². The van der Waals surface area contributed by atoms with E-state index < -0.39 is 29.6 Å². The molecule has 1 heterocycles. The summed E-state index contributed by atoms with van der Waals surface area (Å²) in [5.74, 6) is -3.34. The molecule has 4 aromatic carbocycles. The molecule has 0 saturated heterocycles. The summed E-state index contributed by atoms with van der Waals surface area (Å²) in [6, 6.07) is 32.8. The fraction of sp³-hybridized carbons (Fsp3) is 0.359. The van der Waals surface area contributed by atoms with Gasteiger partial charge in [-0.1, -0.05) is 0 Å². The fourth-order valence-corrected chi connectivity index (χ4v) is 14.1. The minimum atomic E-state index is -3.12. The molecule has 0 aromatic heterocycles. The van der Waals surface area contributed by atoms with Crippen LogP contribution < -0.4 is 21.2 Å². The molecular formula is C39H46ClN2O5P. The van der Waals surface area contributed by atoms with Crippen molar-refractivity contribution in [3.05, 3.63) is 119 Å². The average Bonchev–Trinajstić information content (AvgIpc) is 3.36. The summed E-state index contributed by atoms with van der Waals surface area (Å²) in [6.07, 6.45) is 9.70. The van der Waals surface area contributed by atoms with E-state index in [4.69, 9.17) is 11.2 Å². The number of nitro benzene ring substituents is 1. The summed E-state index contributed by atoms with van der Waals surface area (Å²) in [4.78, 5) is 22.8. The van der Waals surface area contributed by atoms with Crippen LogP contribution >= 0.6 is 17.2 Å². The molecule has 1 amide bonds. The average molecular weight is 689 g/mol. The molecule has 254 valence electrons. The number of fused-ring (bicyclic) bond motifs is 3. The molecular weight excluding hydrogens is 643 g/mol. The topological polar surface area (TPSA) is 113 Å². The summed E-state index contributed by atoms with van der Waals surface area (Å²) in [5.41, 5.74) is 2.86. The van der Waals surface area contributed by atoms with Crippen LogP contribution in [0.15, 0.2) is 103 Å². The quantitative estimate of drug-likeness (QED) is 0.0430. The van der Waals surface area contributed by atoms with Crippen LogP contribution in [0.1, 0.15) is 75.9 Å². The molecule has 0 spiro atoms. The number of carbonyl (C=O) groups excluding carboxylic acids is 1. The summed E-state index contributed by atoms with van der Waals surface area (Å²) in [7, 11) is 0. The van der Waals surface area contributed by atoms with Crippen LogP contribution in [-0.4, -0.2) is 39.9 Å². The number of unbranched alkanes of at least 4 members (excludes halogenated alkanes) is 8. The van der Waals surface area contributed by atoms with E-state index in [-0.39, 0.29) is 11.6 Å². The maximum absolute atomic E-state index is 12.5. The molecule has 4 aromatic rings. The molecule has 0 unspecified atom stereocenters. The number of aliphatic hydroxyl groups excluding tert-OH is 2. The number of amides is 1. The van der Waals surface area contributed by atoms with Crippen molar-refractivity contribution in [3.63, 3.8) is 0 Å². The first-order chi connectivity index (χ1) is 23.3.